The Morgan fingerprint density at radius 2 is 2.08 bits per heavy atom. The lowest BCUT2D eigenvalue weighted by atomic mass is 10.0. The zero-order valence-corrected chi connectivity index (χ0v) is 15.1. The standard InChI is InChI=1S/C19H28N2O4/c1-15-11-21(12-18(15)20-6-8-24-9-7-20)19(22)14-25-13-16-4-3-5-17(10-16)23-2/h3-5,10,15,18H,6-9,11-14H2,1-2H3/t15-,18-/m0/s1. The number of amides is 1. The normalized spacial score (nSPS) is 24.5. The molecule has 2 fully saturated rings. The van der Waals surface area contributed by atoms with Gasteiger partial charge in [-0.15, -0.1) is 0 Å². The van der Waals surface area contributed by atoms with E-state index < -0.39 is 0 Å². The van der Waals surface area contributed by atoms with Crippen LogP contribution >= 0.6 is 0 Å². The van der Waals surface area contributed by atoms with Gasteiger partial charge in [-0.05, 0) is 23.6 Å². The summed E-state index contributed by atoms with van der Waals surface area (Å²) in [4.78, 5) is 16.9. The summed E-state index contributed by atoms with van der Waals surface area (Å²) in [6.45, 7) is 7.88. The van der Waals surface area contributed by atoms with Gasteiger partial charge < -0.3 is 19.1 Å². The number of carbonyl (C=O) groups is 1. The van der Waals surface area contributed by atoms with Crippen molar-refractivity contribution >= 4 is 5.91 Å². The van der Waals surface area contributed by atoms with Crippen LogP contribution in [0.15, 0.2) is 24.3 Å². The first-order chi connectivity index (χ1) is 12.2. The average molecular weight is 348 g/mol. The molecular formula is C19H28N2O4. The Kier molecular flexibility index (Phi) is 6.29. The number of ether oxygens (including phenoxy) is 3. The molecule has 25 heavy (non-hydrogen) atoms. The molecule has 6 heteroatoms. The molecule has 6 nitrogen and oxygen atoms in total. The van der Waals surface area contributed by atoms with Crippen LogP contribution in [0.3, 0.4) is 0 Å². The van der Waals surface area contributed by atoms with Gasteiger partial charge in [0.15, 0.2) is 0 Å². The second kappa shape index (κ2) is 8.65. The summed E-state index contributed by atoms with van der Waals surface area (Å²) >= 11 is 0. The molecule has 2 atom stereocenters. The molecule has 0 aliphatic carbocycles. The van der Waals surface area contributed by atoms with Gasteiger partial charge >= 0.3 is 0 Å². The largest absolute Gasteiger partial charge is 0.497 e. The van der Waals surface area contributed by atoms with Crippen LogP contribution in [0.2, 0.25) is 0 Å². The molecule has 0 spiro atoms. The molecular weight excluding hydrogens is 320 g/mol. The van der Waals surface area contributed by atoms with Crippen LogP contribution in [0.4, 0.5) is 0 Å². The van der Waals surface area contributed by atoms with Crippen molar-refractivity contribution in [2.45, 2.75) is 19.6 Å². The van der Waals surface area contributed by atoms with E-state index in [9.17, 15) is 4.79 Å². The molecule has 2 heterocycles. The number of benzene rings is 1. The summed E-state index contributed by atoms with van der Waals surface area (Å²) in [6, 6.07) is 8.16. The third kappa shape index (κ3) is 4.71. The fraction of sp³-hybridized carbons (Fsp3) is 0.632. The Bertz CT molecular complexity index is 574. The Hall–Kier alpha value is -1.63. The maximum absolute atomic E-state index is 12.5. The first-order valence-electron chi connectivity index (χ1n) is 8.97. The molecule has 0 bridgehead atoms. The molecule has 0 unspecified atom stereocenters. The molecule has 0 N–H and O–H groups in total. The third-order valence-corrected chi connectivity index (χ3v) is 5.07. The molecule has 0 aromatic heterocycles. The van der Waals surface area contributed by atoms with Crippen molar-refractivity contribution in [3.05, 3.63) is 29.8 Å². The first-order valence-corrected chi connectivity index (χ1v) is 8.97. The summed E-state index contributed by atoms with van der Waals surface area (Å²) in [6.07, 6.45) is 0. The van der Waals surface area contributed by atoms with Crippen LogP contribution in [-0.4, -0.2) is 74.9 Å². The number of hydrogen-bond donors (Lipinski definition) is 0. The van der Waals surface area contributed by atoms with Crippen LogP contribution in [0.25, 0.3) is 0 Å². The van der Waals surface area contributed by atoms with Crippen molar-refractivity contribution in [1.82, 2.24) is 9.80 Å². The van der Waals surface area contributed by atoms with E-state index in [2.05, 4.69) is 11.8 Å². The highest BCUT2D eigenvalue weighted by Crippen LogP contribution is 2.23. The van der Waals surface area contributed by atoms with Crippen LogP contribution < -0.4 is 4.74 Å². The van der Waals surface area contributed by atoms with Gasteiger partial charge in [0.2, 0.25) is 5.91 Å². The molecule has 1 aromatic carbocycles. The van der Waals surface area contributed by atoms with Crippen LogP contribution in [0.1, 0.15) is 12.5 Å². The maximum atomic E-state index is 12.5. The van der Waals surface area contributed by atoms with E-state index in [0.29, 0.717) is 18.6 Å². The Morgan fingerprint density at radius 1 is 1.28 bits per heavy atom. The number of rotatable bonds is 6. The second-order valence-electron chi connectivity index (χ2n) is 6.84. The van der Waals surface area contributed by atoms with Gasteiger partial charge in [0.05, 0.1) is 26.9 Å². The van der Waals surface area contributed by atoms with E-state index in [1.165, 1.54) is 0 Å². The third-order valence-electron chi connectivity index (χ3n) is 5.07. The fourth-order valence-corrected chi connectivity index (χ4v) is 3.65. The maximum Gasteiger partial charge on any atom is 0.248 e. The van der Waals surface area contributed by atoms with E-state index in [4.69, 9.17) is 14.2 Å². The minimum absolute atomic E-state index is 0.0745. The van der Waals surface area contributed by atoms with E-state index in [-0.39, 0.29) is 12.5 Å². The average Bonchev–Trinajstić information content (AvgIpc) is 3.04. The summed E-state index contributed by atoms with van der Waals surface area (Å²) in [7, 11) is 1.64. The summed E-state index contributed by atoms with van der Waals surface area (Å²) in [5, 5.41) is 0. The van der Waals surface area contributed by atoms with Crippen LogP contribution in [0, 0.1) is 5.92 Å². The zero-order valence-electron chi connectivity index (χ0n) is 15.1. The van der Waals surface area contributed by atoms with Gasteiger partial charge in [-0.2, -0.15) is 0 Å². The predicted molar refractivity (Wildman–Crippen MR) is 94.6 cm³/mol. The van der Waals surface area contributed by atoms with Gasteiger partial charge in [-0.3, -0.25) is 9.69 Å². The lowest BCUT2D eigenvalue weighted by Gasteiger charge is -2.33. The Morgan fingerprint density at radius 3 is 2.84 bits per heavy atom. The molecule has 2 saturated heterocycles. The molecule has 1 aromatic rings. The van der Waals surface area contributed by atoms with Crippen molar-refractivity contribution in [1.29, 1.82) is 0 Å². The number of likely N-dealkylation sites (tertiary alicyclic amines) is 1. The molecule has 0 saturated carbocycles. The number of nitrogens with zero attached hydrogens (tertiary/aromatic N) is 2. The zero-order chi connectivity index (χ0) is 17.6. The molecule has 0 radical (unpaired) electrons. The SMILES string of the molecule is COc1cccc(COCC(=O)N2C[C@H](C)[C@@H](N3CCOCC3)C2)c1. The lowest BCUT2D eigenvalue weighted by Crippen LogP contribution is -2.47. The molecule has 2 aliphatic rings. The van der Waals surface area contributed by atoms with Crippen molar-refractivity contribution in [2.75, 3.05) is 53.1 Å². The molecule has 2 aliphatic heterocycles. The number of methoxy groups -OCH3 is 1. The number of carbonyl (C=O) groups excluding carboxylic acids is 1. The van der Waals surface area contributed by atoms with E-state index in [0.717, 1.165) is 50.7 Å². The molecule has 3 rings (SSSR count). The van der Waals surface area contributed by atoms with Gasteiger partial charge in [0, 0.05) is 32.2 Å². The fourth-order valence-electron chi connectivity index (χ4n) is 3.65. The smallest absolute Gasteiger partial charge is 0.248 e. The number of morpholine rings is 1. The topological polar surface area (TPSA) is 51.2 Å². The van der Waals surface area contributed by atoms with E-state index >= 15 is 0 Å². The van der Waals surface area contributed by atoms with Crippen molar-refractivity contribution < 1.29 is 19.0 Å². The highest BCUT2D eigenvalue weighted by atomic mass is 16.5. The quantitative estimate of drug-likeness (QED) is 0.778. The number of hydrogen-bond acceptors (Lipinski definition) is 5. The first kappa shape index (κ1) is 18.2. The predicted octanol–water partition coefficient (Wildman–Crippen LogP) is 1.39. The Balaban J connectivity index is 1.45. The summed E-state index contributed by atoms with van der Waals surface area (Å²) in [5.41, 5.74) is 1.01. The minimum atomic E-state index is 0.0745. The van der Waals surface area contributed by atoms with E-state index in [1.54, 1.807) is 7.11 Å². The summed E-state index contributed by atoms with van der Waals surface area (Å²) in [5.74, 6) is 1.36. The second-order valence-corrected chi connectivity index (χ2v) is 6.84. The van der Waals surface area contributed by atoms with Crippen molar-refractivity contribution in [3.8, 4) is 5.75 Å². The van der Waals surface area contributed by atoms with Crippen molar-refractivity contribution in [2.24, 2.45) is 5.92 Å². The minimum Gasteiger partial charge on any atom is -0.497 e. The monoisotopic (exact) mass is 348 g/mol. The van der Waals surface area contributed by atoms with Gasteiger partial charge in [-0.25, -0.2) is 0 Å². The highest BCUT2D eigenvalue weighted by molar-refractivity contribution is 5.77. The lowest BCUT2D eigenvalue weighted by molar-refractivity contribution is -0.135. The molecule has 138 valence electrons. The summed E-state index contributed by atoms with van der Waals surface area (Å²) < 4.78 is 16.3. The highest BCUT2D eigenvalue weighted by Gasteiger charge is 2.36. The van der Waals surface area contributed by atoms with Crippen molar-refractivity contribution in [3.63, 3.8) is 0 Å². The Labute approximate surface area is 149 Å². The van der Waals surface area contributed by atoms with Gasteiger partial charge in [0.25, 0.3) is 0 Å². The molecule has 1 amide bonds. The van der Waals surface area contributed by atoms with Crippen LogP contribution in [0.5, 0.6) is 5.75 Å². The van der Waals surface area contributed by atoms with Crippen LogP contribution in [-0.2, 0) is 20.9 Å². The van der Waals surface area contributed by atoms with E-state index in [1.807, 2.05) is 29.2 Å². The van der Waals surface area contributed by atoms with Gasteiger partial charge in [-0.1, -0.05) is 19.1 Å². The van der Waals surface area contributed by atoms with Gasteiger partial charge in [0.1, 0.15) is 12.4 Å².